The summed E-state index contributed by atoms with van der Waals surface area (Å²) in [5.41, 5.74) is -0.625. The van der Waals surface area contributed by atoms with Crippen molar-refractivity contribution in [3.05, 3.63) is 58.4 Å². The van der Waals surface area contributed by atoms with Gasteiger partial charge in [0.1, 0.15) is 23.1 Å². The van der Waals surface area contributed by atoms with E-state index in [9.17, 15) is 9.59 Å². The molecular weight excluding hydrogens is 452 g/mol. The number of carbonyl (C=O) groups is 1. The predicted molar refractivity (Wildman–Crippen MR) is 131 cm³/mol. The fourth-order valence-corrected chi connectivity index (χ4v) is 3.37. The van der Waals surface area contributed by atoms with Crippen molar-refractivity contribution in [1.82, 2.24) is 20.5 Å². The lowest BCUT2D eigenvalue weighted by Crippen LogP contribution is -2.54. The van der Waals surface area contributed by atoms with Gasteiger partial charge in [0.15, 0.2) is 0 Å². The van der Waals surface area contributed by atoms with Crippen LogP contribution < -0.4 is 25.2 Å². The van der Waals surface area contributed by atoms with Crippen LogP contribution in [0.25, 0.3) is 10.9 Å². The van der Waals surface area contributed by atoms with Crippen LogP contribution >= 0.6 is 0 Å². The third kappa shape index (κ3) is 6.55. The van der Waals surface area contributed by atoms with Crippen LogP contribution in [-0.2, 0) is 15.1 Å². The van der Waals surface area contributed by atoms with Crippen molar-refractivity contribution in [3.63, 3.8) is 0 Å². The first-order valence-electron chi connectivity index (χ1n) is 11.2. The first-order valence-corrected chi connectivity index (χ1v) is 11.2. The van der Waals surface area contributed by atoms with Crippen LogP contribution in [0.4, 0.5) is 0 Å². The van der Waals surface area contributed by atoms with Crippen molar-refractivity contribution in [3.8, 4) is 11.5 Å². The Kier molecular flexibility index (Phi) is 7.76. The minimum Gasteiger partial charge on any atom is -0.497 e. The highest BCUT2D eigenvalue weighted by atomic mass is 16.7. The second-order valence-electron chi connectivity index (χ2n) is 9.54. The van der Waals surface area contributed by atoms with E-state index in [1.54, 1.807) is 44.6 Å². The van der Waals surface area contributed by atoms with E-state index in [1.807, 2.05) is 46.8 Å². The van der Waals surface area contributed by atoms with Crippen molar-refractivity contribution in [1.29, 1.82) is 0 Å². The average molecular weight is 485 g/mol. The number of carbonyl (C=O) groups excluding carboxylic acids is 1. The van der Waals surface area contributed by atoms with Crippen LogP contribution in [0.2, 0.25) is 0 Å². The monoisotopic (exact) mass is 484 g/mol. The molecule has 1 heterocycles. The predicted octanol–water partition coefficient (Wildman–Crippen LogP) is 2.47. The fourth-order valence-electron chi connectivity index (χ4n) is 3.37. The van der Waals surface area contributed by atoms with Crippen molar-refractivity contribution >= 4 is 16.9 Å². The van der Waals surface area contributed by atoms with Gasteiger partial charge in [-0.05, 0) is 74.5 Å². The molecule has 35 heavy (non-hydrogen) atoms. The molecule has 0 aliphatic heterocycles. The Labute approximate surface area is 204 Å². The Hall–Kier alpha value is -3.50. The van der Waals surface area contributed by atoms with E-state index < -0.39 is 28.7 Å². The summed E-state index contributed by atoms with van der Waals surface area (Å²) in [6.45, 7) is 9.44. The van der Waals surface area contributed by atoms with Crippen LogP contribution in [0.1, 0.15) is 40.2 Å². The number of hydrogen-bond acceptors (Lipinski definition) is 9. The Morgan fingerprint density at radius 1 is 1.03 bits per heavy atom. The van der Waals surface area contributed by atoms with Gasteiger partial charge in [0, 0.05) is 11.6 Å². The van der Waals surface area contributed by atoms with Crippen LogP contribution in [0.15, 0.2) is 47.3 Å². The highest BCUT2D eigenvalue weighted by Gasteiger charge is 2.32. The topological polar surface area (TPSA) is 114 Å². The third-order valence-corrected chi connectivity index (χ3v) is 5.29. The minimum absolute atomic E-state index is 0.0113. The number of fused-ring (bicyclic) bond motifs is 1. The molecule has 1 atom stereocenters. The number of aromatic nitrogens is 3. The SMILES string of the molecule is COc1cc(OC)cc(C(C)(C)NC(COC(C)(C)C)C(=O)On2nnc3ccccc3c2=O)c1. The summed E-state index contributed by atoms with van der Waals surface area (Å²) in [5.74, 6) is 0.471. The summed E-state index contributed by atoms with van der Waals surface area (Å²) >= 11 is 0. The van der Waals surface area contributed by atoms with Gasteiger partial charge in [0.25, 0.3) is 0 Å². The first kappa shape index (κ1) is 26.1. The smallest absolute Gasteiger partial charge is 0.354 e. The Morgan fingerprint density at radius 2 is 1.66 bits per heavy atom. The second-order valence-corrected chi connectivity index (χ2v) is 9.54. The van der Waals surface area contributed by atoms with Crippen molar-refractivity contribution in [2.75, 3.05) is 20.8 Å². The molecule has 188 valence electrons. The van der Waals surface area contributed by atoms with Crippen LogP contribution in [0.3, 0.4) is 0 Å². The molecule has 3 rings (SSSR count). The van der Waals surface area contributed by atoms with E-state index in [4.69, 9.17) is 19.0 Å². The molecular formula is C25H32N4O6. The zero-order chi connectivity index (χ0) is 25.8. The normalized spacial score (nSPS) is 12.9. The van der Waals surface area contributed by atoms with Gasteiger partial charge in [0.05, 0.1) is 31.8 Å². The van der Waals surface area contributed by atoms with E-state index in [0.717, 1.165) is 5.56 Å². The van der Waals surface area contributed by atoms with E-state index >= 15 is 0 Å². The molecule has 1 aromatic heterocycles. The number of benzene rings is 2. The van der Waals surface area contributed by atoms with Gasteiger partial charge >= 0.3 is 11.5 Å². The summed E-state index contributed by atoms with van der Waals surface area (Å²) in [7, 11) is 3.14. The molecule has 0 radical (unpaired) electrons. The van der Waals surface area contributed by atoms with Crippen LogP contribution in [0.5, 0.6) is 11.5 Å². The highest BCUT2D eigenvalue weighted by molar-refractivity contribution is 5.78. The van der Waals surface area contributed by atoms with Crippen LogP contribution in [0, 0.1) is 0 Å². The molecule has 3 aromatic rings. The largest absolute Gasteiger partial charge is 0.497 e. The van der Waals surface area contributed by atoms with E-state index in [1.165, 1.54) is 0 Å². The molecule has 0 spiro atoms. The fraction of sp³-hybridized carbons (Fsp3) is 0.440. The molecule has 10 nitrogen and oxygen atoms in total. The van der Waals surface area contributed by atoms with Gasteiger partial charge in [-0.15, -0.1) is 5.10 Å². The Balaban J connectivity index is 1.90. The molecule has 0 amide bonds. The quantitative estimate of drug-likeness (QED) is 0.458. The highest BCUT2D eigenvalue weighted by Crippen LogP contribution is 2.30. The lowest BCUT2D eigenvalue weighted by Gasteiger charge is -2.33. The summed E-state index contributed by atoms with van der Waals surface area (Å²) in [5, 5.41) is 11.3. The first-order chi connectivity index (χ1) is 16.4. The van der Waals surface area contributed by atoms with Gasteiger partial charge in [-0.2, -0.15) is 0 Å². The van der Waals surface area contributed by atoms with Gasteiger partial charge in [-0.1, -0.05) is 12.1 Å². The summed E-state index contributed by atoms with van der Waals surface area (Å²) < 4.78 is 16.7. The van der Waals surface area contributed by atoms with Gasteiger partial charge < -0.3 is 19.0 Å². The number of nitrogens with zero attached hydrogens (tertiary/aromatic N) is 3. The van der Waals surface area contributed by atoms with Crippen molar-refractivity contribution in [2.45, 2.75) is 51.8 Å². The zero-order valence-electron chi connectivity index (χ0n) is 21.1. The van der Waals surface area contributed by atoms with Crippen LogP contribution in [-0.4, -0.2) is 53.6 Å². The van der Waals surface area contributed by atoms with E-state index in [0.29, 0.717) is 21.9 Å². The molecule has 1 unspecified atom stereocenters. The maximum Gasteiger partial charge on any atom is 0.354 e. The third-order valence-electron chi connectivity index (χ3n) is 5.29. The lowest BCUT2D eigenvalue weighted by molar-refractivity contribution is -0.153. The Bertz CT molecular complexity index is 1230. The number of nitrogens with one attached hydrogen (secondary N) is 1. The van der Waals surface area contributed by atoms with Gasteiger partial charge in [0.2, 0.25) is 0 Å². The van der Waals surface area contributed by atoms with Gasteiger partial charge in [-0.3, -0.25) is 10.1 Å². The molecule has 0 bridgehead atoms. The number of methoxy groups -OCH3 is 2. The van der Waals surface area contributed by atoms with Crippen molar-refractivity contribution < 1.29 is 23.8 Å². The molecule has 0 aliphatic rings. The molecule has 1 N–H and O–H groups in total. The molecule has 0 aliphatic carbocycles. The average Bonchev–Trinajstić information content (AvgIpc) is 2.82. The summed E-state index contributed by atoms with van der Waals surface area (Å²) in [4.78, 5) is 31.9. The number of hydrogen-bond donors (Lipinski definition) is 1. The standard InChI is InChI=1S/C25H32N4O6/c1-24(2,3)34-15-21(26-25(4,5)16-12-17(32-6)14-18(13-16)33-7)23(31)35-29-22(30)19-10-8-9-11-20(19)27-28-29/h8-14,21,26H,15H2,1-7H3. The number of ether oxygens (including phenoxy) is 3. The van der Waals surface area contributed by atoms with E-state index in [-0.39, 0.29) is 12.0 Å². The Morgan fingerprint density at radius 3 is 2.26 bits per heavy atom. The van der Waals surface area contributed by atoms with Crippen molar-refractivity contribution in [2.24, 2.45) is 0 Å². The lowest BCUT2D eigenvalue weighted by atomic mass is 9.92. The summed E-state index contributed by atoms with van der Waals surface area (Å²) in [6.07, 6.45) is 0. The maximum atomic E-state index is 13.2. The zero-order valence-corrected chi connectivity index (χ0v) is 21.1. The number of rotatable bonds is 9. The van der Waals surface area contributed by atoms with Gasteiger partial charge in [-0.25, -0.2) is 4.79 Å². The maximum absolute atomic E-state index is 13.2. The second kappa shape index (κ2) is 10.4. The molecule has 0 fully saturated rings. The molecule has 2 aromatic carbocycles. The molecule has 0 saturated carbocycles. The molecule has 10 heteroatoms. The minimum atomic E-state index is -0.943. The van der Waals surface area contributed by atoms with E-state index in [2.05, 4.69) is 15.6 Å². The summed E-state index contributed by atoms with van der Waals surface area (Å²) in [6, 6.07) is 11.2. The molecule has 0 saturated heterocycles.